The Labute approximate surface area is 131 Å². The number of rotatable bonds is 4. The Kier molecular flexibility index (Phi) is 5.42. The lowest BCUT2D eigenvalue weighted by Crippen LogP contribution is -2.54. The van der Waals surface area contributed by atoms with E-state index in [1.165, 1.54) is 0 Å². The van der Waals surface area contributed by atoms with Crippen molar-refractivity contribution in [2.75, 3.05) is 26.3 Å². The highest BCUT2D eigenvalue weighted by atomic mass is 16.6. The highest BCUT2D eigenvalue weighted by molar-refractivity contribution is 5.68. The van der Waals surface area contributed by atoms with Crippen LogP contribution in [0.2, 0.25) is 0 Å². The minimum atomic E-state index is -0.485. The Hall–Kier alpha value is -1.60. The van der Waals surface area contributed by atoms with Gasteiger partial charge in [-0.15, -0.1) is 0 Å². The number of carbonyl (C=O) groups is 1. The van der Waals surface area contributed by atoms with Crippen molar-refractivity contribution in [3.63, 3.8) is 0 Å². The molecule has 1 saturated heterocycles. The second-order valence-corrected chi connectivity index (χ2v) is 6.55. The highest BCUT2D eigenvalue weighted by Crippen LogP contribution is 2.14. The third-order valence-electron chi connectivity index (χ3n) is 3.49. The van der Waals surface area contributed by atoms with Crippen molar-refractivity contribution in [2.24, 2.45) is 0 Å². The average molecular weight is 310 g/mol. The van der Waals surface area contributed by atoms with Crippen molar-refractivity contribution < 1.29 is 14.3 Å². The molecular formula is C15H26N4O3. The quantitative estimate of drug-likeness (QED) is 0.880. The molecule has 1 aromatic heterocycles. The monoisotopic (exact) mass is 310 g/mol. The zero-order chi connectivity index (χ0) is 16.2. The third-order valence-corrected chi connectivity index (χ3v) is 3.49. The van der Waals surface area contributed by atoms with E-state index in [9.17, 15) is 4.79 Å². The molecule has 7 heteroatoms. The lowest BCUT2D eigenvalue weighted by Gasteiger charge is -2.36. The second kappa shape index (κ2) is 7.11. The average Bonchev–Trinajstić information content (AvgIpc) is 2.83. The summed E-state index contributed by atoms with van der Waals surface area (Å²) in [7, 11) is 0. The van der Waals surface area contributed by atoms with E-state index in [1.54, 1.807) is 4.90 Å². The number of hydrogen-bond acceptors (Lipinski definition) is 5. The molecule has 2 heterocycles. The van der Waals surface area contributed by atoms with Crippen LogP contribution < -0.4 is 5.32 Å². The molecule has 7 nitrogen and oxygen atoms in total. The minimum absolute atomic E-state index is 0.0178. The van der Waals surface area contributed by atoms with Gasteiger partial charge in [-0.2, -0.15) is 5.10 Å². The SMILES string of the molecule is Cc1[nH]ncc1CNCC1COCCN1C(=O)OC(C)(C)C. The molecule has 1 aromatic rings. The topological polar surface area (TPSA) is 79.5 Å². The van der Waals surface area contributed by atoms with Gasteiger partial charge in [-0.1, -0.05) is 0 Å². The molecule has 0 aromatic carbocycles. The van der Waals surface area contributed by atoms with Gasteiger partial charge in [0.25, 0.3) is 0 Å². The first kappa shape index (κ1) is 16.8. The van der Waals surface area contributed by atoms with Gasteiger partial charge in [-0.25, -0.2) is 4.79 Å². The summed E-state index contributed by atoms with van der Waals surface area (Å²) in [5.74, 6) is 0. The Morgan fingerprint density at radius 1 is 1.59 bits per heavy atom. The van der Waals surface area contributed by atoms with Gasteiger partial charge in [-0.3, -0.25) is 10.00 Å². The number of nitrogens with zero attached hydrogens (tertiary/aromatic N) is 2. The first-order valence-corrected chi connectivity index (χ1v) is 7.64. The van der Waals surface area contributed by atoms with Crippen LogP contribution in [0.4, 0.5) is 4.79 Å². The number of nitrogens with one attached hydrogen (secondary N) is 2. The zero-order valence-corrected chi connectivity index (χ0v) is 13.8. The molecule has 1 unspecified atom stereocenters. The third kappa shape index (κ3) is 4.71. The smallest absolute Gasteiger partial charge is 0.410 e. The maximum Gasteiger partial charge on any atom is 0.410 e. The standard InChI is InChI=1S/C15H26N4O3/c1-11-12(8-17-18-11)7-16-9-13-10-21-6-5-19(13)14(20)22-15(2,3)4/h8,13,16H,5-7,9-10H2,1-4H3,(H,17,18). The molecule has 1 aliphatic rings. The molecule has 0 saturated carbocycles. The maximum absolute atomic E-state index is 12.3. The van der Waals surface area contributed by atoms with E-state index < -0.39 is 5.60 Å². The van der Waals surface area contributed by atoms with Crippen LogP contribution in [-0.2, 0) is 16.0 Å². The summed E-state index contributed by atoms with van der Waals surface area (Å²) in [5.41, 5.74) is 1.69. The van der Waals surface area contributed by atoms with E-state index in [4.69, 9.17) is 9.47 Å². The maximum atomic E-state index is 12.3. The first-order chi connectivity index (χ1) is 10.4. The molecule has 1 fully saturated rings. The summed E-state index contributed by atoms with van der Waals surface area (Å²) in [6, 6.07) is -0.0178. The van der Waals surface area contributed by atoms with Crippen LogP contribution in [0.25, 0.3) is 0 Å². The number of amides is 1. The predicted octanol–water partition coefficient (Wildman–Crippen LogP) is 1.44. The number of ether oxygens (including phenoxy) is 2. The molecule has 2 N–H and O–H groups in total. The molecule has 22 heavy (non-hydrogen) atoms. The van der Waals surface area contributed by atoms with Gasteiger partial charge in [-0.05, 0) is 27.7 Å². The van der Waals surface area contributed by atoms with Crippen molar-refractivity contribution in [3.05, 3.63) is 17.5 Å². The van der Waals surface area contributed by atoms with Gasteiger partial charge in [0.1, 0.15) is 5.60 Å². The van der Waals surface area contributed by atoms with E-state index in [0.717, 1.165) is 11.3 Å². The molecule has 0 radical (unpaired) electrons. The van der Waals surface area contributed by atoms with E-state index in [-0.39, 0.29) is 12.1 Å². The number of H-pyrrole nitrogens is 1. The van der Waals surface area contributed by atoms with Crippen LogP contribution in [0.5, 0.6) is 0 Å². The van der Waals surface area contributed by atoms with Gasteiger partial charge in [0.15, 0.2) is 0 Å². The number of aryl methyl sites for hydroxylation is 1. The van der Waals surface area contributed by atoms with Gasteiger partial charge in [0, 0.05) is 30.9 Å². The number of hydrogen-bond donors (Lipinski definition) is 2. The van der Waals surface area contributed by atoms with E-state index in [2.05, 4.69) is 15.5 Å². The van der Waals surface area contributed by atoms with Crippen LogP contribution in [0, 0.1) is 6.92 Å². The van der Waals surface area contributed by atoms with Crippen molar-refractivity contribution >= 4 is 6.09 Å². The van der Waals surface area contributed by atoms with Crippen molar-refractivity contribution in [2.45, 2.75) is 45.9 Å². The summed E-state index contributed by atoms with van der Waals surface area (Å²) in [6.45, 7) is 10.6. The van der Waals surface area contributed by atoms with Crippen LogP contribution in [0.3, 0.4) is 0 Å². The highest BCUT2D eigenvalue weighted by Gasteiger charge is 2.30. The summed E-state index contributed by atoms with van der Waals surface area (Å²) in [6.07, 6.45) is 1.54. The number of morpholine rings is 1. The largest absolute Gasteiger partial charge is 0.444 e. The van der Waals surface area contributed by atoms with Crippen molar-refractivity contribution in [1.82, 2.24) is 20.4 Å². The second-order valence-electron chi connectivity index (χ2n) is 6.55. The molecule has 1 aliphatic heterocycles. The molecule has 2 rings (SSSR count). The molecule has 124 valence electrons. The number of aromatic amines is 1. The summed E-state index contributed by atoms with van der Waals surface area (Å²) in [4.78, 5) is 14.0. The van der Waals surface area contributed by atoms with E-state index >= 15 is 0 Å². The summed E-state index contributed by atoms with van der Waals surface area (Å²) >= 11 is 0. The Bertz CT molecular complexity index is 495. The molecular weight excluding hydrogens is 284 g/mol. The molecule has 1 atom stereocenters. The lowest BCUT2D eigenvalue weighted by molar-refractivity contribution is -0.0317. The fourth-order valence-electron chi connectivity index (χ4n) is 2.31. The van der Waals surface area contributed by atoms with Gasteiger partial charge in [0.2, 0.25) is 0 Å². The van der Waals surface area contributed by atoms with Crippen LogP contribution in [0.15, 0.2) is 6.20 Å². The van der Waals surface area contributed by atoms with Gasteiger partial charge >= 0.3 is 6.09 Å². The van der Waals surface area contributed by atoms with Gasteiger partial charge in [0.05, 0.1) is 25.5 Å². The van der Waals surface area contributed by atoms with Crippen LogP contribution in [0.1, 0.15) is 32.0 Å². The van der Waals surface area contributed by atoms with Crippen molar-refractivity contribution in [3.8, 4) is 0 Å². The minimum Gasteiger partial charge on any atom is -0.444 e. The van der Waals surface area contributed by atoms with Crippen LogP contribution in [-0.4, -0.2) is 59.1 Å². The Morgan fingerprint density at radius 3 is 3.00 bits per heavy atom. The zero-order valence-electron chi connectivity index (χ0n) is 13.8. The molecule has 0 aliphatic carbocycles. The molecule has 1 amide bonds. The molecule has 0 spiro atoms. The van der Waals surface area contributed by atoms with Crippen LogP contribution >= 0.6 is 0 Å². The Morgan fingerprint density at radius 2 is 2.36 bits per heavy atom. The Balaban J connectivity index is 1.87. The fraction of sp³-hybridized carbons (Fsp3) is 0.733. The summed E-state index contributed by atoms with van der Waals surface area (Å²) < 4.78 is 11.0. The fourth-order valence-corrected chi connectivity index (χ4v) is 2.31. The van der Waals surface area contributed by atoms with E-state index in [0.29, 0.717) is 32.8 Å². The van der Waals surface area contributed by atoms with Gasteiger partial charge < -0.3 is 14.8 Å². The number of aromatic nitrogens is 2. The van der Waals surface area contributed by atoms with E-state index in [1.807, 2.05) is 33.9 Å². The normalized spacial score (nSPS) is 19.3. The lowest BCUT2D eigenvalue weighted by atomic mass is 10.2. The number of carbonyl (C=O) groups excluding carboxylic acids is 1. The predicted molar refractivity (Wildman–Crippen MR) is 82.6 cm³/mol. The van der Waals surface area contributed by atoms with Crippen molar-refractivity contribution in [1.29, 1.82) is 0 Å². The summed E-state index contributed by atoms with van der Waals surface area (Å²) in [5, 5.41) is 10.3. The molecule has 0 bridgehead atoms. The first-order valence-electron chi connectivity index (χ1n) is 7.64.